The molecule has 1 aromatic carbocycles. The number of nitrogens with zero attached hydrogens (tertiary/aromatic N) is 2. The third kappa shape index (κ3) is 5.03. The van der Waals surface area contributed by atoms with Gasteiger partial charge in [-0.15, -0.1) is 0 Å². The first-order valence-corrected chi connectivity index (χ1v) is 9.28. The Morgan fingerprint density at radius 3 is 2.67 bits per heavy atom. The fraction of sp³-hybridized carbons (Fsp3) is 0.222. The van der Waals surface area contributed by atoms with Crippen LogP contribution in [0.5, 0.6) is 0 Å². The lowest BCUT2D eigenvalue weighted by atomic mass is 10.0. The van der Waals surface area contributed by atoms with Crippen molar-refractivity contribution in [2.24, 2.45) is 5.92 Å². The van der Waals surface area contributed by atoms with E-state index in [4.69, 9.17) is 34.8 Å². The Labute approximate surface area is 171 Å². The van der Waals surface area contributed by atoms with Gasteiger partial charge in [-0.3, -0.25) is 4.98 Å². The summed E-state index contributed by atoms with van der Waals surface area (Å²) in [6.45, 7) is 1.72. The van der Waals surface area contributed by atoms with Crippen molar-refractivity contribution in [2.75, 3.05) is 29.9 Å². The van der Waals surface area contributed by atoms with Gasteiger partial charge < -0.3 is 15.5 Å². The quantitative estimate of drug-likeness (QED) is 0.673. The second kappa shape index (κ2) is 8.78. The van der Waals surface area contributed by atoms with Crippen molar-refractivity contribution < 1.29 is 9.18 Å². The Morgan fingerprint density at radius 2 is 1.96 bits per heavy atom. The van der Waals surface area contributed by atoms with E-state index in [1.807, 2.05) is 17.1 Å². The molecule has 5 nitrogen and oxygen atoms in total. The highest BCUT2D eigenvalue weighted by Gasteiger charge is 2.21. The Kier molecular flexibility index (Phi) is 6.42. The lowest BCUT2D eigenvalue weighted by molar-refractivity contribution is 0.251. The Bertz CT molecular complexity index is 857. The van der Waals surface area contributed by atoms with E-state index < -0.39 is 11.8 Å². The molecule has 0 aliphatic carbocycles. The number of aromatic nitrogens is 1. The molecule has 1 aliphatic rings. The van der Waals surface area contributed by atoms with Gasteiger partial charge in [0.2, 0.25) is 0 Å². The zero-order valence-electron chi connectivity index (χ0n) is 14.1. The zero-order valence-corrected chi connectivity index (χ0v) is 16.3. The first kappa shape index (κ1) is 19.7. The molecule has 1 atom stereocenters. The number of amides is 2. The van der Waals surface area contributed by atoms with E-state index in [-0.39, 0.29) is 10.9 Å². The van der Waals surface area contributed by atoms with Crippen LogP contribution in [0.2, 0.25) is 15.1 Å². The van der Waals surface area contributed by atoms with Gasteiger partial charge in [0.1, 0.15) is 5.82 Å². The maximum atomic E-state index is 13.2. The van der Waals surface area contributed by atoms with Crippen LogP contribution in [0.25, 0.3) is 0 Å². The SMILES string of the molecule is O=C(NCC1C=CCN(c2c(Cl)cncc2Cl)C1)Nc1ccc(F)c(Cl)c1. The van der Waals surface area contributed by atoms with Crippen molar-refractivity contribution in [2.45, 2.75) is 0 Å². The van der Waals surface area contributed by atoms with Crippen molar-refractivity contribution in [1.82, 2.24) is 10.3 Å². The highest BCUT2D eigenvalue weighted by atomic mass is 35.5. The molecule has 1 aliphatic heterocycles. The van der Waals surface area contributed by atoms with Gasteiger partial charge in [-0.05, 0) is 18.2 Å². The first-order chi connectivity index (χ1) is 12.9. The number of hydrogen-bond acceptors (Lipinski definition) is 3. The summed E-state index contributed by atoms with van der Waals surface area (Å²) in [6.07, 6.45) is 7.14. The zero-order chi connectivity index (χ0) is 19.4. The Morgan fingerprint density at radius 1 is 1.22 bits per heavy atom. The van der Waals surface area contributed by atoms with Crippen LogP contribution in [0, 0.1) is 11.7 Å². The summed E-state index contributed by atoms with van der Waals surface area (Å²) in [4.78, 5) is 18.1. The number of hydrogen-bond donors (Lipinski definition) is 2. The van der Waals surface area contributed by atoms with Crippen LogP contribution in [-0.4, -0.2) is 30.6 Å². The molecule has 27 heavy (non-hydrogen) atoms. The second-order valence-electron chi connectivity index (χ2n) is 6.01. The smallest absolute Gasteiger partial charge is 0.319 e. The van der Waals surface area contributed by atoms with Crippen LogP contribution in [0.15, 0.2) is 42.7 Å². The van der Waals surface area contributed by atoms with E-state index >= 15 is 0 Å². The predicted molar refractivity (Wildman–Crippen MR) is 108 cm³/mol. The molecule has 1 aromatic heterocycles. The maximum Gasteiger partial charge on any atom is 0.319 e. The average Bonchev–Trinajstić information content (AvgIpc) is 2.63. The molecule has 9 heteroatoms. The molecule has 2 heterocycles. The summed E-state index contributed by atoms with van der Waals surface area (Å²) in [5.41, 5.74) is 1.14. The van der Waals surface area contributed by atoms with Crippen molar-refractivity contribution in [3.63, 3.8) is 0 Å². The first-order valence-electron chi connectivity index (χ1n) is 8.14. The lowest BCUT2D eigenvalue weighted by Gasteiger charge is -2.31. The molecule has 2 aromatic rings. The monoisotopic (exact) mass is 428 g/mol. The minimum Gasteiger partial charge on any atom is -0.365 e. The standard InChI is InChI=1S/C18H16Cl3FN4O/c19-13-6-12(3-4-16(13)22)25-18(27)24-7-11-2-1-5-26(10-11)17-14(20)8-23-9-15(17)21/h1-4,6,8-9,11H,5,7,10H2,(H2,24,25,27). The highest BCUT2D eigenvalue weighted by Crippen LogP contribution is 2.33. The third-order valence-corrected chi connectivity index (χ3v) is 4.88. The molecule has 0 radical (unpaired) electrons. The number of nitrogens with one attached hydrogen (secondary N) is 2. The van der Waals surface area contributed by atoms with Crippen LogP contribution in [0.1, 0.15) is 0 Å². The van der Waals surface area contributed by atoms with Crippen molar-refractivity contribution in [3.05, 3.63) is 63.6 Å². The van der Waals surface area contributed by atoms with Crippen LogP contribution in [-0.2, 0) is 0 Å². The van der Waals surface area contributed by atoms with Crippen LogP contribution < -0.4 is 15.5 Å². The minimum absolute atomic E-state index is 0.0511. The average molecular weight is 430 g/mol. The van der Waals surface area contributed by atoms with E-state index in [1.54, 1.807) is 12.4 Å². The van der Waals surface area contributed by atoms with Crippen molar-refractivity contribution >= 4 is 52.2 Å². The van der Waals surface area contributed by atoms with E-state index in [0.29, 0.717) is 35.4 Å². The number of urea groups is 1. The number of carbonyl (C=O) groups is 1. The van der Waals surface area contributed by atoms with Gasteiger partial charge in [0.15, 0.2) is 0 Å². The molecule has 3 rings (SSSR count). The topological polar surface area (TPSA) is 57.3 Å². The molecule has 0 fully saturated rings. The fourth-order valence-electron chi connectivity index (χ4n) is 2.79. The summed E-state index contributed by atoms with van der Waals surface area (Å²) >= 11 is 18.2. The van der Waals surface area contributed by atoms with Gasteiger partial charge >= 0.3 is 6.03 Å². The summed E-state index contributed by atoms with van der Waals surface area (Å²) in [5.74, 6) is -0.468. The molecule has 0 bridgehead atoms. The summed E-state index contributed by atoms with van der Waals surface area (Å²) in [5, 5.41) is 6.33. The molecule has 0 saturated heterocycles. The minimum atomic E-state index is -0.538. The van der Waals surface area contributed by atoms with Gasteiger partial charge in [0.25, 0.3) is 0 Å². The van der Waals surface area contributed by atoms with E-state index in [1.165, 1.54) is 18.2 Å². The van der Waals surface area contributed by atoms with Crippen molar-refractivity contribution in [3.8, 4) is 0 Å². The van der Waals surface area contributed by atoms with Gasteiger partial charge in [-0.2, -0.15) is 0 Å². The molecule has 142 valence electrons. The van der Waals surface area contributed by atoms with Gasteiger partial charge in [0, 0.05) is 43.6 Å². The number of halogens is 4. The molecular formula is C18H16Cl3FN4O. The molecule has 0 spiro atoms. The normalized spacial score (nSPS) is 16.3. The molecule has 2 N–H and O–H groups in total. The summed E-state index contributed by atoms with van der Waals surface area (Å²) in [6, 6.07) is 3.59. The molecule has 2 amide bonds. The summed E-state index contributed by atoms with van der Waals surface area (Å²) in [7, 11) is 0. The molecule has 0 saturated carbocycles. The number of carbonyl (C=O) groups excluding carboxylic acids is 1. The molecular weight excluding hydrogens is 414 g/mol. The number of anilines is 2. The fourth-order valence-corrected chi connectivity index (χ4v) is 3.58. The van der Waals surface area contributed by atoms with Gasteiger partial charge in [-0.25, -0.2) is 9.18 Å². The number of rotatable bonds is 4. The maximum absolute atomic E-state index is 13.2. The van der Waals surface area contributed by atoms with Gasteiger partial charge in [0.05, 0.1) is 20.8 Å². The third-order valence-electron chi connectivity index (χ3n) is 4.04. The van der Waals surface area contributed by atoms with Crippen LogP contribution in [0.3, 0.4) is 0 Å². The summed E-state index contributed by atoms with van der Waals surface area (Å²) < 4.78 is 13.2. The van der Waals surface area contributed by atoms with Crippen LogP contribution in [0.4, 0.5) is 20.6 Å². The van der Waals surface area contributed by atoms with Gasteiger partial charge in [-0.1, -0.05) is 47.0 Å². The highest BCUT2D eigenvalue weighted by molar-refractivity contribution is 6.38. The second-order valence-corrected chi connectivity index (χ2v) is 7.23. The molecule has 1 unspecified atom stereocenters. The number of benzene rings is 1. The van der Waals surface area contributed by atoms with E-state index in [9.17, 15) is 9.18 Å². The number of pyridine rings is 1. The van der Waals surface area contributed by atoms with Crippen LogP contribution >= 0.6 is 34.8 Å². The predicted octanol–water partition coefficient (Wildman–Crippen LogP) is 5.00. The van der Waals surface area contributed by atoms with Crippen molar-refractivity contribution in [1.29, 1.82) is 0 Å². The Balaban J connectivity index is 1.56. The van der Waals surface area contributed by atoms with E-state index in [2.05, 4.69) is 15.6 Å². The largest absolute Gasteiger partial charge is 0.365 e. The van der Waals surface area contributed by atoms with E-state index in [0.717, 1.165) is 5.69 Å². The Hall–Kier alpha value is -2.02. The lowest BCUT2D eigenvalue weighted by Crippen LogP contribution is -2.40.